The van der Waals surface area contributed by atoms with Gasteiger partial charge in [-0.2, -0.15) is 0 Å². The molecule has 0 aromatic carbocycles. The van der Waals surface area contributed by atoms with Crippen molar-refractivity contribution >= 4 is 35.6 Å². The van der Waals surface area contributed by atoms with Crippen LogP contribution in [0.5, 0.6) is 0 Å². The Morgan fingerprint density at radius 3 is 2.20 bits per heavy atom. The van der Waals surface area contributed by atoms with Crippen LogP contribution in [0.25, 0.3) is 0 Å². The number of carbonyl (C=O) groups is 5. The van der Waals surface area contributed by atoms with E-state index in [-0.39, 0.29) is 44.7 Å². The molecule has 16 heteroatoms. The number of amides is 4. The second-order valence-corrected chi connectivity index (χ2v) is 7.52. The van der Waals surface area contributed by atoms with Crippen LogP contribution in [0.15, 0.2) is 17.5 Å². The summed E-state index contributed by atoms with van der Waals surface area (Å²) in [6.07, 6.45) is 2.68. The number of hydrogen-bond acceptors (Lipinski definition) is 8. The molecule has 1 aromatic rings. The molecular weight excluding hydrogens is 464 g/mol. The molecule has 13 N–H and O–H groups in total. The third kappa shape index (κ3) is 11.5. The van der Waals surface area contributed by atoms with Gasteiger partial charge in [0.25, 0.3) is 0 Å². The number of aliphatic carboxylic acids is 1. The molecule has 0 aliphatic heterocycles. The van der Waals surface area contributed by atoms with Gasteiger partial charge in [0, 0.05) is 31.3 Å². The summed E-state index contributed by atoms with van der Waals surface area (Å²) in [7, 11) is 0. The molecule has 1 rings (SSSR count). The minimum atomic E-state index is -1.41. The van der Waals surface area contributed by atoms with Crippen molar-refractivity contribution in [2.45, 2.75) is 50.2 Å². The average Bonchev–Trinajstić information content (AvgIpc) is 3.30. The van der Waals surface area contributed by atoms with Crippen molar-refractivity contribution in [3.05, 3.63) is 18.2 Å². The minimum absolute atomic E-state index is 0.0642. The number of nitrogens with zero attached hydrogens (tertiary/aromatic N) is 2. The van der Waals surface area contributed by atoms with E-state index in [0.29, 0.717) is 12.1 Å². The first-order valence-corrected chi connectivity index (χ1v) is 10.7. The lowest BCUT2D eigenvalue weighted by Gasteiger charge is -2.24. The summed E-state index contributed by atoms with van der Waals surface area (Å²) in [5, 5.41) is 16.7. The van der Waals surface area contributed by atoms with Crippen molar-refractivity contribution in [1.29, 1.82) is 0 Å². The number of carboxylic acid groups (broad SMARTS) is 1. The van der Waals surface area contributed by atoms with E-state index in [1.807, 2.05) is 0 Å². The largest absolute Gasteiger partial charge is 0.480 e. The van der Waals surface area contributed by atoms with Crippen molar-refractivity contribution in [2.24, 2.45) is 27.9 Å². The van der Waals surface area contributed by atoms with Gasteiger partial charge in [-0.05, 0) is 19.3 Å². The first kappa shape index (κ1) is 28.8. The fourth-order valence-corrected chi connectivity index (χ4v) is 2.94. The maximum Gasteiger partial charge on any atom is 0.326 e. The topological polar surface area (TPSA) is 287 Å². The summed E-state index contributed by atoms with van der Waals surface area (Å²) >= 11 is 0. The van der Waals surface area contributed by atoms with Crippen LogP contribution in [0.3, 0.4) is 0 Å². The molecule has 16 nitrogen and oxygen atoms in total. The van der Waals surface area contributed by atoms with Gasteiger partial charge in [0.15, 0.2) is 5.96 Å². The number of nitrogens with two attached hydrogens (primary N) is 4. The molecular formula is C19H32N10O6. The maximum absolute atomic E-state index is 13.0. The highest BCUT2D eigenvalue weighted by atomic mass is 16.4. The highest BCUT2D eigenvalue weighted by Gasteiger charge is 2.30. The number of carbonyl (C=O) groups excluding carboxylic acids is 4. The van der Waals surface area contributed by atoms with Gasteiger partial charge in [0.1, 0.15) is 18.1 Å². The Balaban J connectivity index is 3.01. The van der Waals surface area contributed by atoms with E-state index in [1.165, 1.54) is 12.5 Å². The molecule has 0 aliphatic rings. The summed E-state index contributed by atoms with van der Waals surface area (Å²) in [6.45, 7) is -0.168. The molecule has 0 spiro atoms. The standard InChI is InChI=1S/C19H32N10O6/c20-7-15(31)27-11(2-1-5-25-19(22)23)16(32)29-13(6-10-8-24-9-26-10)17(33)28-12(18(34)35)3-4-14(21)30/h8-9,11-13H,1-7,20H2,(H2,21,30)(H,24,26)(H,27,31)(H,28,33)(H,29,32)(H,34,35)(H4,22,23,25). The Kier molecular flexibility index (Phi) is 12.2. The Labute approximate surface area is 200 Å². The van der Waals surface area contributed by atoms with E-state index in [0.717, 1.165) is 0 Å². The number of H-pyrrole nitrogens is 1. The average molecular weight is 497 g/mol. The predicted molar refractivity (Wildman–Crippen MR) is 123 cm³/mol. The van der Waals surface area contributed by atoms with Crippen molar-refractivity contribution in [3.63, 3.8) is 0 Å². The van der Waals surface area contributed by atoms with Crippen molar-refractivity contribution in [3.8, 4) is 0 Å². The van der Waals surface area contributed by atoms with Gasteiger partial charge >= 0.3 is 5.97 Å². The fraction of sp³-hybridized carbons (Fsp3) is 0.526. The van der Waals surface area contributed by atoms with Crippen molar-refractivity contribution in [1.82, 2.24) is 25.9 Å². The third-order valence-corrected chi connectivity index (χ3v) is 4.69. The lowest BCUT2D eigenvalue weighted by atomic mass is 10.1. The summed E-state index contributed by atoms with van der Waals surface area (Å²) < 4.78 is 0. The van der Waals surface area contributed by atoms with E-state index >= 15 is 0 Å². The van der Waals surface area contributed by atoms with Gasteiger partial charge in [-0.1, -0.05) is 0 Å². The summed E-state index contributed by atoms with van der Waals surface area (Å²) in [6, 6.07) is -3.72. The van der Waals surface area contributed by atoms with Gasteiger partial charge in [0.05, 0.1) is 12.9 Å². The molecule has 0 saturated carbocycles. The van der Waals surface area contributed by atoms with E-state index in [2.05, 4.69) is 30.9 Å². The summed E-state index contributed by atoms with van der Waals surface area (Å²) in [4.78, 5) is 70.7. The Morgan fingerprint density at radius 2 is 1.66 bits per heavy atom. The number of guanidine groups is 1. The normalized spacial score (nSPS) is 13.1. The SMILES string of the molecule is NCC(=O)NC(CCCN=C(N)N)C(=O)NC(Cc1cnc[nH]1)C(=O)NC(CCC(N)=O)C(=O)O. The second-order valence-electron chi connectivity index (χ2n) is 7.52. The molecule has 4 amide bonds. The maximum atomic E-state index is 13.0. The molecule has 0 aliphatic carbocycles. The molecule has 1 aromatic heterocycles. The third-order valence-electron chi connectivity index (χ3n) is 4.69. The minimum Gasteiger partial charge on any atom is -0.480 e. The van der Waals surface area contributed by atoms with Gasteiger partial charge < -0.3 is 49.0 Å². The number of carboxylic acids is 1. The number of nitrogens with one attached hydrogen (secondary N) is 4. The Bertz CT molecular complexity index is 900. The lowest BCUT2D eigenvalue weighted by Crippen LogP contribution is -2.57. The zero-order valence-corrected chi connectivity index (χ0v) is 19.0. The van der Waals surface area contributed by atoms with Crippen LogP contribution in [0.4, 0.5) is 0 Å². The smallest absolute Gasteiger partial charge is 0.326 e. The van der Waals surface area contributed by atoms with Gasteiger partial charge in [-0.3, -0.25) is 24.2 Å². The first-order chi connectivity index (χ1) is 16.5. The van der Waals surface area contributed by atoms with Crippen LogP contribution in [-0.4, -0.2) is 81.8 Å². The first-order valence-electron chi connectivity index (χ1n) is 10.7. The number of rotatable bonds is 16. The number of aromatic amines is 1. The van der Waals surface area contributed by atoms with Crippen LogP contribution in [0.1, 0.15) is 31.4 Å². The molecule has 35 heavy (non-hydrogen) atoms. The number of hydrogen-bond donors (Lipinski definition) is 9. The number of imidazole rings is 1. The zero-order chi connectivity index (χ0) is 26.4. The van der Waals surface area contributed by atoms with Gasteiger partial charge in [-0.15, -0.1) is 0 Å². The quantitative estimate of drug-likeness (QED) is 0.0603. The molecule has 0 saturated heterocycles. The van der Waals surface area contributed by atoms with Crippen LogP contribution in [0.2, 0.25) is 0 Å². The van der Waals surface area contributed by atoms with Crippen LogP contribution in [0, 0.1) is 0 Å². The Hall–Kier alpha value is -4.21. The van der Waals surface area contributed by atoms with Crippen LogP contribution in [-0.2, 0) is 30.4 Å². The molecule has 3 unspecified atom stereocenters. The number of aliphatic imine (C=N–C) groups is 1. The zero-order valence-electron chi connectivity index (χ0n) is 19.0. The van der Waals surface area contributed by atoms with E-state index < -0.39 is 47.7 Å². The highest BCUT2D eigenvalue weighted by Crippen LogP contribution is 2.05. The molecule has 1 heterocycles. The fourth-order valence-electron chi connectivity index (χ4n) is 2.94. The van der Waals surface area contributed by atoms with Crippen molar-refractivity contribution < 1.29 is 29.1 Å². The Morgan fingerprint density at radius 1 is 1.00 bits per heavy atom. The summed E-state index contributed by atoms with van der Waals surface area (Å²) in [5.74, 6) is -4.36. The van der Waals surface area contributed by atoms with E-state index in [9.17, 15) is 29.1 Å². The van der Waals surface area contributed by atoms with E-state index in [1.54, 1.807) is 0 Å². The van der Waals surface area contributed by atoms with Gasteiger partial charge in [0.2, 0.25) is 23.6 Å². The van der Waals surface area contributed by atoms with Gasteiger partial charge in [-0.25, -0.2) is 9.78 Å². The van der Waals surface area contributed by atoms with Crippen molar-refractivity contribution in [2.75, 3.05) is 13.1 Å². The monoisotopic (exact) mass is 496 g/mol. The van der Waals surface area contributed by atoms with Crippen LogP contribution >= 0.6 is 0 Å². The molecule has 0 bridgehead atoms. The van der Waals surface area contributed by atoms with E-state index in [4.69, 9.17) is 22.9 Å². The van der Waals surface area contributed by atoms with Crippen LogP contribution < -0.4 is 38.9 Å². The highest BCUT2D eigenvalue weighted by molar-refractivity contribution is 5.93. The number of aromatic nitrogens is 2. The molecule has 0 radical (unpaired) electrons. The lowest BCUT2D eigenvalue weighted by molar-refractivity contribution is -0.142. The summed E-state index contributed by atoms with van der Waals surface area (Å²) in [5.41, 5.74) is 21.4. The molecule has 3 atom stereocenters. The molecule has 194 valence electrons. The number of primary amides is 1. The second kappa shape index (κ2) is 14.8. The predicted octanol–water partition coefficient (Wildman–Crippen LogP) is -4.23. The molecule has 0 fully saturated rings.